The van der Waals surface area contributed by atoms with Crippen molar-refractivity contribution in [2.45, 2.75) is 24.7 Å². The van der Waals surface area contributed by atoms with Crippen LogP contribution in [0.4, 0.5) is 13.2 Å². The van der Waals surface area contributed by atoms with Crippen molar-refractivity contribution in [3.05, 3.63) is 99.5 Å². The third kappa shape index (κ3) is 3.98. The van der Waals surface area contributed by atoms with E-state index < -0.39 is 35.2 Å². The number of rotatable bonds is 3. The molecule has 4 rings (SSSR count). The summed E-state index contributed by atoms with van der Waals surface area (Å²) < 4.78 is 47.2. The molecule has 0 bridgehead atoms. The summed E-state index contributed by atoms with van der Waals surface area (Å²) in [6.07, 6.45) is -3.93. The minimum Gasteiger partial charge on any atom is -0.493 e. The van der Waals surface area contributed by atoms with Crippen molar-refractivity contribution in [3.8, 4) is 5.75 Å². The number of pyridine rings is 1. The highest BCUT2D eigenvalue weighted by Crippen LogP contribution is 2.37. The molecule has 0 aliphatic carbocycles. The van der Waals surface area contributed by atoms with Gasteiger partial charge in [-0.2, -0.15) is 13.2 Å². The number of aliphatic hydroxyl groups is 1. The molecule has 3 aromatic rings. The highest BCUT2D eigenvalue weighted by molar-refractivity contribution is 6.10. The number of aliphatic hydroxyl groups excluding tert-OH is 1. The maximum atomic E-state index is 13.4. The summed E-state index contributed by atoms with van der Waals surface area (Å²) in [4.78, 5) is 25.4. The van der Waals surface area contributed by atoms with Crippen LogP contribution in [0.1, 0.15) is 39.5 Å². The first-order valence-electron chi connectivity index (χ1n) is 9.60. The van der Waals surface area contributed by atoms with Crippen LogP contribution in [-0.2, 0) is 6.18 Å². The van der Waals surface area contributed by atoms with E-state index in [0.717, 1.165) is 12.1 Å². The number of fused-ring (bicyclic) bond motifs is 1. The Kier molecular flexibility index (Phi) is 5.41. The zero-order chi connectivity index (χ0) is 22.2. The van der Waals surface area contributed by atoms with Crippen molar-refractivity contribution in [3.63, 3.8) is 0 Å². The molecule has 2 heterocycles. The Bertz CT molecular complexity index is 1190. The van der Waals surface area contributed by atoms with Crippen molar-refractivity contribution in [2.75, 3.05) is 6.61 Å². The lowest BCUT2D eigenvalue weighted by molar-refractivity contribution is -0.137. The molecule has 0 saturated carbocycles. The highest BCUT2D eigenvalue weighted by Gasteiger charge is 2.36. The lowest BCUT2D eigenvalue weighted by Crippen LogP contribution is -2.32. The van der Waals surface area contributed by atoms with Gasteiger partial charge < -0.3 is 14.4 Å². The summed E-state index contributed by atoms with van der Waals surface area (Å²) >= 11 is 0. The first kappa shape index (κ1) is 20.9. The molecule has 31 heavy (non-hydrogen) atoms. The van der Waals surface area contributed by atoms with Gasteiger partial charge in [-0.3, -0.25) is 9.59 Å². The van der Waals surface area contributed by atoms with Crippen LogP contribution < -0.4 is 10.3 Å². The molecule has 0 fully saturated rings. The standard InChI is InChI=1S/C23H18F3NO4/c24-23(25,26)17-6-2-1-5-15(17)22(30)14-8-9-19-16(13-14)21(18(28)10-12-31-19)27-11-4-3-7-20(27)29/h1-9,11,13,18,21,28H,10,12H2. The Morgan fingerprint density at radius 1 is 1.06 bits per heavy atom. The number of aromatic nitrogens is 1. The van der Waals surface area contributed by atoms with E-state index in [9.17, 15) is 27.9 Å². The third-order valence-corrected chi connectivity index (χ3v) is 5.25. The van der Waals surface area contributed by atoms with E-state index in [4.69, 9.17) is 4.74 Å². The van der Waals surface area contributed by atoms with Crippen LogP contribution in [0.15, 0.2) is 71.7 Å². The molecule has 0 saturated heterocycles. The molecule has 0 spiro atoms. The number of hydrogen-bond acceptors (Lipinski definition) is 4. The molecule has 5 nitrogen and oxygen atoms in total. The first-order chi connectivity index (χ1) is 14.8. The normalized spacial score (nSPS) is 18.6. The van der Waals surface area contributed by atoms with Gasteiger partial charge in [-0.25, -0.2) is 0 Å². The highest BCUT2D eigenvalue weighted by atomic mass is 19.4. The number of hydrogen-bond donors (Lipinski definition) is 1. The lowest BCUT2D eigenvalue weighted by atomic mass is 9.93. The summed E-state index contributed by atoms with van der Waals surface area (Å²) in [7, 11) is 0. The number of ketones is 1. The zero-order valence-corrected chi connectivity index (χ0v) is 16.2. The van der Waals surface area contributed by atoms with Crippen LogP contribution in [0.25, 0.3) is 0 Å². The molecule has 0 amide bonds. The molecule has 2 atom stereocenters. The predicted molar refractivity (Wildman–Crippen MR) is 106 cm³/mol. The van der Waals surface area contributed by atoms with Gasteiger partial charge in [0.15, 0.2) is 5.78 Å². The largest absolute Gasteiger partial charge is 0.493 e. The van der Waals surface area contributed by atoms with E-state index in [0.29, 0.717) is 11.3 Å². The fourth-order valence-corrected chi connectivity index (χ4v) is 3.80. The molecular formula is C23H18F3NO4. The second-order valence-electron chi connectivity index (χ2n) is 7.22. The van der Waals surface area contributed by atoms with Gasteiger partial charge >= 0.3 is 6.18 Å². The van der Waals surface area contributed by atoms with Crippen LogP contribution in [-0.4, -0.2) is 28.2 Å². The van der Waals surface area contributed by atoms with Gasteiger partial charge in [-0.05, 0) is 30.3 Å². The smallest absolute Gasteiger partial charge is 0.417 e. The number of carbonyl (C=O) groups is 1. The van der Waals surface area contributed by atoms with Gasteiger partial charge in [-0.1, -0.05) is 24.3 Å². The molecule has 0 radical (unpaired) electrons. The Labute approximate surface area is 175 Å². The zero-order valence-electron chi connectivity index (χ0n) is 16.2. The number of ether oxygens (including phenoxy) is 1. The Morgan fingerprint density at radius 3 is 2.55 bits per heavy atom. The van der Waals surface area contributed by atoms with Gasteiger partial charge in [0.2, 0.25) is 0 Å². The number of halogens is 3. The Morgan fingerprint density at radius 2 is 1.81 bits per heavy atom. The average Bonchev–Trinajstić information content (AvgIpc) is 2.90. The van der Waals surface area contributed by atoms with Crippen molar-refractivity contribution in [1.82, 2.24) is 4.57 Å². The molecule has 2 aromatic carbocycles. The van der Waals surface area contributed by atoms with Gasteiger partial charge in [0.1, 0.15) is 5.75 Å². The second-order valence-corrected chi connectivity index (χ2v) is 7.22. The van der Waals surface area contributed by atoms with Crippen LogP contribution in [0.3, 0.4) is 0 Å². The first-order valence-corrected chi connectivity index (χ1v) is 9.60. The van der Waals surface area contributed by atoms with E-state index in [1.54, 1.807) is 12.1 Å². The summed E-state index contributed by atoms with van der Waals surface area (Å²) in [5.41, 5.74) is -1.50. The topological polar surface area (TPSA) is 68.5 Å². The van der Waals surface area contributed by atoms with Crippen LogP contribution in [0.5, 0.6) is 5.75 Å². The molecule has 1 N–H and O–H groups in total. The number of carbonyl (C=O) groups excluding carboxylic acids is 1. The van der Waals surface area contributed by atoms with Crippen LogP contribution >= 0.6 is 0 Å². The van der Waals surface area contributed by atoms with E-state index in [-0.39, 0.29) is 24.2 Å². The fraction of sp³-hybridized carbons (Fsp3) is 0.217. The summed E-state index contributed by atoms with van der Waals surface area (Å²) in [5, 5.41) is 10.7. The van der Waals surface area contributed by atoms with Crippen molar-refractivity contribution in [2.24, 2.45) is 0 Å². The quantitative estimate of drug-likeness (QED) is 0.643. The Hall–Kier alpha value is -3.39. The summed E-state index contributed by atoms with van der Waals surface area (Å²) in [6.45, 7) is 0.191. The Balaban J connectivity index is 1.85. The number of nitrogens with zero attached hydrogens (tertiary/aromatic N) is 1. The molecular weight excluding hydrogens is 411 g/mol. The molecule has 2 unspecified atom stereocenters. The van der Waals surface area contributed by atoms with Crippen molar-refractivity contribution >= 4 is 5.78 Å². The molecule has 1 aromatic heterocycles. The summed E-state index contributed by atoms with van der Waals surface area (Å²) in [5.74, 6) is -0.452. The van der Waals surface area contributed by atoms with Gasteiger partial charge in [0.25, 0.3) is 5.56 Å². The van der Waals surface area contributed by atoms with E-state index in [2.05, 4.69) is 0 Å². The number of benzene rings is 2. The van der Waals surface area contributed by atoms with Crippen molar-refractivity contribution in [1.29, 1.82) is 0 Å². The van der Waals surface area contributed by atoms with Crippen LogP contribution in [0, 0.1) is 0 Å². The van der Waals surface area contributed by atoms with Crippen molar-refractivity contribution < 1.29 is 27.8 Å². The molecule has 1 aliphatic heterocycles. The van der Waals surface area contributed by atoms with Crippen LogP contribution in [0.2, 0.25) is 0 Å². The molecule has 1 aliphatic rings. The monoisotopic (exact) mass is 429 g/mol. The average molecular weight is 429 g/mol. The van der Waals surface area contributed by atoms with Gasteiger partial charge in [0, 0.05) is 35.4 Å². The predicted octanol–water partition coefficient (Wildman–Crippen LogP) is 3.83. The fourth-order valence-electron chi connectivity index (χ4n) is 3.80. The minimum absolute atomic E-state index is 0.00197. The summed E-state index contributed by atoms with van der Waals surface area (Å²) in [6, 6.07) is 12.5. The van der Waals surface area contributed by atoms with E-state index in [1.807, 2.05) is 0 Å². The maximum Gasteiger partial charge on any atom is 0.417 e. The van der Waals surface area contributed by atoms with E-state index >= 15 is 0 Å². The SMILES string of the molecule is O=C(c1ccc2c(c1)C(n1ccccc1=O)C(O)CCO2)c1ccccc1C(F)(F)F. The van der Waals surface area contributed by atoms with E-state index in [1.165, 1.54) is 47.2 Å². The third-order valence-electron chi connectivity index (χ3n) is 5.25. The number of alkyl halides is 3. The molecule has 160 valence electrons. The second kappa shape index (κ2) is 8.03. The molecule has 8 heteroatoms. The minimum atomic E-state index is -4.68. The maximum absolute atomic E-state index is 13.4. The van der Waals surface area contributed by atoms with Gasteiger partial charge in [0.05, 0.1) is 24.3 Å². The lowest BCUT2D eigenvalue weighted by Gasteiger charge is -2.24. The van der Waals surface area contributed by atoms with Gasteiger partial charge in [-0.15, -0.1) is 0 Å².